The highest BCUT2D eigenvalue weighted by atomic mass is 32.2. The van der Waals surface area contributed by atoms with E-state index in [9.17, 15) is 12.8 Å². The first kappa shape index (κ1) is 15.4. The van der Waals surface area contributed by atoms with E-state index in [0.717, 1.165) is 12.8 Å². The second kappa shape index (κ2) is 6.20. The fourth-order valence-corrected chi connectivity index (χ4v) is 4.00. The van der Waals surface area contributed by atoms with Gasteiger partial charge < -0.3 is 5.73 Å². The first-order valence-electron chi connectivity index (χ1n) is 6.90. The van der Waals surface area contributed by atoms with Crippen LogP contribution in [0.1, 0.15) is 31.2 Å². The molecule has 0 aliphatic heterocycles. The van der Waals surface area contributed by atoms with E-state index in [1.807, 2.05) is 0 Å². The van der Waals surface area contributed by atoms with Gasteiger partial charge in [0.2, 0.25) is 10.0 Å². The van der Waals surface area contributed by atoms with Crippen molar-refractivity contribution in [3.63, 3.8) is 0 Å². The van der Waals surface area contributed by atoms with Crippen LogP contribution in [0.5, 0.6) is 0 Å². The predicted molar refractivity (Wildman–Crippen MR) is 76.1 cm³/mol. The van der Waals surface area contributed by atoms with Crippen molar-refractivity contribution in [1.29, 1.82) is 0 Å². The lowest BCUT2D eigenvalue weighted by atomic mass is 10.1. The van der Waals surface area contributed by atoms with Gasteiger partial charge in [-0.1, -0.05) is 12.8 Å². The predicted octanol–water partition coefficient (Wildman–Crippen LogP) is 2.10. The van der Waals surface area contributed by atoms with Crippen LogP contribution in [0.2, 0.25) is 0 Å². The van der Waals surface area contributed by atoms with E-state index in [4.69, 9.17) is 5.73 Å². The summed E-state index contributed by atoms with van der Waals surface area (Å²) in [5, 5.41) is 0. The third kappa shape index (κ3) is 3.19. The summed E-state index contributed by atoms with van der Waals surface area (Å²) in [5.41, 5.74) is 5.65. The van der Waals surface area contributed by atoms with E-state index >= 15 is 0 Å². The van der Waals surface area contributed by atoms with Crippen molar-refractivity contribution < 1.29 is 12.8 Å². The molecule has 112 valence electrons. The molecule has 0 bridgehead atoms. The van der Waals surface area contributed by atoms with Crippen LogP contribution in [0.25, 0.3) is 0 Å². The van der Waals surface area contributed by atoms with Crippen molar-refractivity contribution in [3.8, 4) is 0 Å². The highest BCUT2D eigenvalue weighted by molar-refractivity contribution is 7.89. The lowest BCUT2D eigenvalue weighted by Gasteiger charge is -2.21. The summed E-state index contributed by atoms with van der Waals surface area (Å²) in [6, 6.07) is 3.79. The molecule has 0 amide bonds. The molecule has 0 radical (unpaired) electrons. The van der Waals surface area contributed by atoms with E-state index in [2.05, 4.69) is 0 Å². The van der Waals surface area contributed by atoms with Crippen molar-refractivity contribution in [2.24, 2.45) is 11.7 Å². The normalized spacial score (nSPS) is 17.0. The number of benzene rings is 1. The number of nitrogens with zero attached hydrogens (tertiary/aromatic N) is 1. The van der Waals surface area contributed by atoms with Crippen molar-refractivity contribution in [2.75, 3.05) is 13.6 Å². The SMILES string of the molecule is CN(CC1CCCC1)S(=O)(=O)c1ccc(F)c(CN)c1. The van der Waals surface area contributed by atoms with Gasteiger partial charge in [0, 0.05) is 25.7 Å². The Morgan fingerprint density at radius 2 is 2.00 bits per heavy atom. The molecular weight excluding hydrogens is 279 g/mol. The molecule has 0 atom stereocenters. The molecule has 1 fully saturated rings. The topological polar surface area (TPSA) is 63.4 Å². The number of halogens is 1. The van der Waals surface area contributed by atoms with Crippen LogP contribution in [0, 0.1) is 11.7 Å². The van der Waals surface area contributed by atoms with Crippen LogP contribution in [0.15, 0.2) is 23.1 Å². The average Bonchev–Trinajstić information content (AvgIpc) is 2.91. The van der Waals surface area contributed by atoms with Crippen LogP contribution in [-0.4, -0.2) is 26.3 Å². The second-order valence-electron chi connectivity index (χ2n) is 5.39. The van der Waals surface area contributed by atoms with Gasteiger partial charge in [-0.25, -0.2) is 17.1 Å². The van der Waals surface area contributed by atoms with Crippen LogP contribution in [-0.2, 0) is 16.6 Å². The molecule has 1 aliphatic carbocycles. The summed E-state index contributed by atoms with van der Waals surface area (Å²) in [6.07, 6.45) is 4.51. The van der Waals surface area contributed by atoms with Crippen molar-refractivity contribution >= 4 is 10.0 Å². The van der Waals surface area contributed by atoms with Crippen LogP contribution in [0.3, 0.4) is 0 Å². The van der Waals surface area contributed by atoms with E-state index in [1.165, 1.54) is 35.3 Å². The molecule has 0 heterocycles. The molecule has 0 aromatic heterocycles. The van der Waals surface area contributed by atoms with E-state index in [-0.39, 0.29) is 17.0 Å². The lowest BCUT2D eigenvalue weighted by molar-refractivity contribution is 0.387. The summed E-state index contributed by atoms with van der Waals surface area (Å²) in [7, 11) is -1.98. The highest BCUT2D eigenvalue weighted by Gasteiger charge is 2.26. The fourth-order valence-electron chi connectivity index (χ4n) is 2.70. The maximum Gasteiger partial charge on any atom is 0.242 e. The lowest BCUT2D eigenvalue weighted by Crippen LogP contribution is -2.31. The monoisotopic (exact) mass is 300 g/mol. The number of hydrogen-bond acceptors (Lipinski definition) is 3. The van der Waals surface area contributed by atoms with E-state index < -0.39 is 15.8 Å². The van der Waals surface area contributed by atoms with Crippen molar-refractivity contribution in [1.82, 2.24) is 4.31 Å². The minimum absolute atomic E-state index is 0.0124. The Morgan fingerprint density at radius 3 is 2.60 bits per heavy atom. The van der Waals surface area contributed by atoms with E-state index in [0.29, 0.717) is 12.5 Å². The zero-order chi connectivity index (χ0) is 14.8. The summed E-state index contributed by atoms with van der Waals surface area (Å²) < 4.78 is 39.7. The van der Waals surface area contributed by atoms with Crippen LogP contribution in [0.4, 0.5) is 4.39 Å². The molecule has 2 rings (SSSR count). The molecule has 0 saturated heterocycles. The largest absolute Gasteiger partial charge is 0.326 e. The first-order valence-corrected chi connectivity index (χ1v) is 8.34. The molecule has 20 heavy (non-hydrogen) atoms. The van der Waals surface area contributed by atoms with Gasteiger partial charge in [0.05, 0.1) is 4.90 Å². The second-order valence-corrected chi connectivity index (χ2v) is 7.44. The minimum atomic E-state index is -3.56. The average molecular weight is 300 g/mol. The van der Waals surface area contributed by atoms with Gasteiger partial charge in [0.1, 0.15) is 5.82 Å². The molecule has 2 N–H and O–H groups in total. The molecule has 0 spiro atoms. The van der Waals surface area contributed by atoms with Crippen molar-refractivity contribution in [2.45, 2.75) is 37.1 Å². The highest BCUT2D eigenvalue weighted by Crippen LogP contribution is 2.27. The molecule has 0 unspecified atom stereocenters. The minimum Gasteiger partial charge on any atom is -0.326 e. The Balaban J connectivity index is 2.20. The third-order valence-corrected chi connectivity index (χ3v) is 5.75. The standard InChI is InChI=1S/C14H21FN2O2S/c1-17(10-11-4-2-3-5-11)20(18,19)13-6-7-14(15)12(8-13)9-16/h6-8,11H,2-5,9-10,16H2,1H3. The molecular formula is C14H21FN2O2S. The smallest absolute Gasteiger partial charge is 0.242 e. The molecule has 1 aromatic rings. The number of rotatable bonds is 5. The summed E-state index contributed by atoms with van der Waals surface area (Å²) in [4.78, 5) is 0.111. The Hall–Kier alpha value is -0.980. The summed E-state index contributed by atoms with van der Waals surface area (Å²) in [5.74, 6) is -0.0332. The van der Waals surface area contributed by atoms with Gasteiger partial charge in [0.15, 0.2) is 0 Å². The summed E-state index contributed by atoms with van der Waals surface area (Å²) >= 11 is 0. The van der Waals surface area contributed by atoms with Gasteiger partial charge in [0.25, 0.3) is 0 Å². The van der Waals surface area contributed by atoms with Gasteiger partial charge >= 0.3 is 0 Å². The molecule has 1 saturated carbocycles. The summed E-state index contributed by atoms with van der Waals surface area (Å²) in [6.45, 7) is 0.513. The maximum absolute atomic E-state index is 13.4. The van der Waals surface area contributed by atoms with Crippen LogP contribution >= 0.6 is 0 Å². The van der Waals surface area contributed by atoms with Crippen LogP contribution < -0.4 is 5.73 Å². The molecule has 4 nitrogen and oxygen atoms in total. The first-order chi connectivity index (χ1) is 9.45. The fraction of sp³-hybridized carbons (Fsp3) is 0.571. The van der Waals surface area contributed by atoms with Gasteiger partial charge in [-0.2, -0.15) is 0 Å². The Labute approximate surface area is 119 Å². The molecule has 1 aromatic carbocycles. The zero-order valence-corrected chi connectivity index (χ0v) is 12.5. The number of sulfonamides is 1. The molecule has 6 heteroatoms. The Kier molecular flexibility index (Phi) is 4.78. The molecule has 1 aliphatic rings. The number of nitrogens with two attached hydrogens (primary N) is 1. The Bertz CT molecular complexity index is 569. The van der Waals surface area contributed by atoms with Crippen molar-refractivity contribution in [3.05, 3.63) is 29.6 Å². The number of hydrogen-bond donors (Lipinski definition) is 1. The third-order valence-electron chi connectivity index (χ3n) is 3.94. The Morgan fingerprint density at radius 1 is 1.35 bits per heavy atom. The van der Waals surface area contributed by atoms with Gasteiger partial charge in [-0.3, -0.25) is 0 Å². The quantitative estimate of drug-likeness (QED) is 0.905. The zero-order valence-electron chi connectivity index (χ0n) is 11.7. The van der Waals surface area contributed by atoms with E-state index in [1.54, 1.807) is 7.05 Å². The van der Waals surface area contributed by atoms with Gasteiger partial charge in [-0.05, 0) is 37.0 Å². The van der Waals surface area contributed by atoms with Gasteiger partial charge in [-0.15, -0.1) is 0 Å². The maximum atomic E-state index is 13.4.